The van der Waals surface area contributed by atoms with Gasteiger partial charge in [-0.1, -0.05) is 0 Å². The molecule has 1 aromatic carbocycles. The molecule has 2 rings (SSSR count). The highest BCUT2D eigenvalue weighted by atomic mass is 16.5. The average molecular weight is 248 g/mol. The van der Waals surface area contributed by atoms with Crippen LogP contribution in [0.1, 0.15) is 17.6 Å². The molecule has 0 atom stereocenters. The number of rotatable bonds is 4. The van der Waals surface area contributed by atoms with Crippen molar-refractivity contribution in [1.29, 1.82) is 0 Å². The van der Waals surface area contributed by atoms with Crippen LogP contribution in [-0.4, -0.2) is 29.9 Å². The van der Waals surface area contributed by atoms with Gasteiger partial charge >= 0.3 is 11.9 Å². The van der Waals surface area contributed by atoms with Crippen molar-refractivity contribution in [2.45, 2.75) is 6.92 Å². The number of ether oxygens (including phenoxy) is 2. The minimum atomic E-state index is -0.653. The van der Waals surface area contributed by atoms with Gasteiger partial charge in [0.15, 0.2) is 0 Å². The Hall–Kier alpha value is -2.37. The number of carbonyl (C=O) groups is 1. The van der Waals surface area contributed by atoms with Gasteiger partial charge in [0, 0.05) is 5.56 Å². The lowest BCUT2D eigenvalue weighted by molar-refractivity contribution is 0.0556. The van der Waals surface area contributed by atoms with E-state index in [1.165, 1.54) is 7.11 Å². The first kappa shape index (κ1) is 12.1. The molecule has 94 valence electrons. The van der Waals surface area contributed by atoms with Crippen molar-refractivity contribution in [2.75, 3.05) is 13.7 Å². The van der Waals surface area contributed by atoms with Crippen molar-refractivity contribution >= 4 is 5.97 Å². The second-order valence-corrected chi connectivity index (χ2v) is 3.36. The number of nitrogens with zero attached hydrogens (tertiary/aromatic N) is 2. The van der Waals surface area contributed by atoms with Crippen LogP contribution in [0.4, 0.5) is 0 Å². The Kier molecular flexibility index (Phi) is 3.57. The van der Waals surface area contributed by atoms with Gasteiger partial charge in [-0.05, 0) is 31.2 Å². The third kappa shape index (κ3) is 2.48. The van der Waals surface area contributed by atoms with E-state index >= 15 is 0 Å². The second kappa shape index (κ2) is 5.31. The highest BCUT2D eigenvalue weighted by Gasteiger charge is 2.15. The molecule has 6 heteroatoms. The molecular weight excluding hydrogens is 236 g/mol. The van der Waals surface area contributed by atoms with Crippen LogP contribution in [0.2, 0.25) is 0 Å². The SMILES string of the molecule is CCOc1ccc(-c2nnc(C(=O)OC)o2)cc1. The molecule has 0 aliphatic heterocycles. The van der Waals surface area contributed by atoms with Crippen LogP contribution in [0.5, 0.6) is 5.75 Å². The number of aromatic nitrogens is 2. The van der Waals surface area contributed by atoms with Crippen molar-refractivity contribution in [3.63, 3.8) is 0 Å². The van der Waals surface area contributed by atoms with Crippen LogP contribution >= 0.6 is 0 Å². The maximum atomic E-state index is 11.2. The Bertz CT molecular complexity index is 533. The first-order chi connectivity index (χ1) is 8.74. The summed E-state index contributed by atoms with van der Waals surface area (Å²) in [6, 6.07) is 7.14. The number of hydrogen-bond donors (Lipinski definition) is 0. The molecule has 0 aliphatic carbocycles. The molecular formula is C12H12N2O4. The van der Waals surface area contributed by atoms with Crippen molar-refractivity contribution in [1.82, 2.24) is 10.2 Å². The fraction of sp³-hybridized carbons (Fsp3) is 0.250. The number of methoxy groups -OCH3 is 1. The van der Waals surface area contributed by atoms with Crippen molar-refractivity contribution in [2.24, 2.45) is 0 Å². The molecule has 2 aromatic rings. The van der Waals surface area contributed by atoms with E-state index in [9.17, 15) is 4.79 Å². The highest BCUT2D eigenvalue weighted by Crippen LogP contribution is 2.21. The lowest BCUT2D eigenvalue weighted by atomic mass is 10.2. The molecule has 18 heavy (non-hydrogen) atoms. The molecule has 0 aliphatic rings. The van der Waals surface area contributed by atoms with E-state index in [1.807, 2.05) is 6.92 Å². The molecule has 1 aromatic heterocycles. The third-order valence-electron chi connectivity index (χ3n) is 2.20. The largest absolute Gasteiger partial charge is 0.494 e. The molecule has 1 heterocycles. The van der Waals surface area contributed by atoms with Crippen molar-refractivity contribution < 1.29 is 18.7 Å². The third-order valence-corrected chi connectivity index (χ3v) is 2.20. The molecule has 0 fully saturated rings. The maximum Gasteiger partial charge on any atom is 0.396 e. The second-order valence-electron chi connectivity index (χ2n) is 3.36. The molecule has 0 saturated carbocycles. The number of hydrogen-bond acceptors (Lipinski definition) is 6. The van der Waals surface area contributed by atoms with E-state index in [4.69, 9.17) is 9.15 Å². The fourth-order valence-corrected chi connectivity index (χ4v) is 1.37. The van der Waals surface area contributed by atoms with E-state index in [0.29, 0.717) is 12.2 Å². The van der Waals surface area contributed by atoms with Gasteiger partial charge < -0.3 is 13.9 Å². The van der Waals surface area contributed by atoms with Crippen LogP contribution < -0.4 is 4.74 Å². The Morgan fingerprint density at radius 3 is 2.61 bits per heavy atom. The van der Waals surface area contributed by atoms with E-state index < -0.39 is 5.97 Å². The van der Waals surface area contributed by atoms with Crippen molar-refractivity contribution in [3.05, 3.63) is 30.2 Å². The van der Waals surface area contributed by atoms with Gasteiger partial charge in [-0.25, -0.2) is 4.79 Å². The van der Waals surface area contributed by atoms with Crippen LogP contribution in [0.15, 0.2) is 28.7 Å². The van der Waals surface area contributed by atoms with Crippen molar-refractivity contribution in [3.8, 4) is 17.2 Å². The smallest absolute Gasteiger partial charge is 0.396 e. The minimum Gasteiger partial charge on any atom is -0.494 e. The summed E-state index contributed by atoms with van der Waals surface area (Å²) in [5.74, 6) is 0.202. The molecule has 0 saturated heterocycles. The van der Waals surface area contributed by atoms with E-state index in [1.54, 1.807) is 24.3 Å². The summed E-state index contributed by atoms with van der Waals surface area (Å²) in [6.07, 6.45) is 0. The average Bonchev–Trinajstić information content (AvgIpc) is 2.89. The molecule has 6 nitrogen and oxygen atoms in total. The standard InChI is InChI=1S/C12H12N2O4/c1-3-17-9-6-4-8(5-7-9)10-13-14-11(18-10)12(15)16-2/h4-7H,3H2,1-2H3. The number of benzene rings is 1. The summed E-state index contributed by atoms with van der Waals surface area (Å²) in [5, 5.41) is 7.37. The summed E-state index contributed by atoms with van der Waals surface area (Å²) in [5.41, 5.74) is 0.709. The first-order valence-corrected chi connectivity index (χ1v) is 5.39. The molecule has 0 unspecified atom stereocenters. The van der Waals surface area contributed by atoms with Crippen LogP contribution in [-0.2, 0) is 4.74 Å². The minimum absolute atomic E-state index is 0.165. The zero-order valence-electron chi connectivity index (χ0n) is 10.0. The van der Waals surface area contributed by atoms with Crippen LogP contribution in [0.25, 0.3) is 11.5 Å². The number of esters is 1. The van der Waals surface area contributed by atoms with E-state index in [0.717, 1.165) is 5.75 Å². The topological polar surface area (TPSA) is 74.5 Å². The predicted molar refractivity (Wildman–Crippen MR) is 62.2 cm³/mol. The number of carbonyl (C=O) groups excluding carboxylic acids is 1. The normalized spacial score (nSPS) is 10.1. The Labute approximate surface area is 104 Å². The van der Waals surface area contributed by atoms with Gasteiger partial charge in [-0.2, -0.15) is 0 Å². The quantitative estimate of drug-likeness (QED) is 0.769. The molecule has 0 bridgehead atoms. The molecule has 0 N–H and O–H groups in total. The lowest BCUT2D eigenvalue weighted by Gasteiger charge is -2.02. The van der Waals surface area contributed by atoms with Gasteiger partial charge in [0.1, 0.15) is 5.75 Å². The van der Waals surface area contributed by atoms with Gasteiger partial charge in [0.05, 0.1) is 13.7 Å². The maximum absolute atomic E-state index is 11.2. The Morgan fingerprint density at radius 1 is 1.28 bits per heavy atom. The van der Waals surface area contributed by atoms with Crippen LogP contribution in [0, 0.1) is 0 Å². The molecule has 0 radical (unpaired) electrons. The zero-order valence-corrected chi connectivity index (χ0v) is 10.0. The summed E-state index contributed by atoms with van der Waals surface area (Å²) < 4.78 is 15.0. The summed E-state index contributed by atoms with van der Waals surface area (Å²) in [7, 11) is 1.25. The molecule has 0 spiro atoms. The summed E-state index contributed by atoms with van der Waals surface area (Å²) in [4.78, 5) is 11.2. The highest BCUT2D eigenvalue weighted by molar-refractivity contribution is 5.84. The van der Waals surface area contributed by atoms with Gasteiger partial charge in [-0.3, -0.25) is 0 Å². The predicted octanol–water partition coefficient (Wildman–Crippen LogP) is 1.92. The van der Waals surface area contributed by atoms with Gasteiger partial charge in [0.25, 0.3) is 0 Å². The first-order valence-electron chi connectivity index (χ1n) is 5.39. The lowest BCUT2D eigenvalue weighted by Crippen LogP contribution is -2.00. The molecule has 0 amide bonds. The van der Waals surface area contributed by atoms with E-state index in [-0.39, 0.29) is 11.8 Å². The monoisotopic (exact) mass is 248 g/mol. The Morgan fingerprint density at radius 2 is 2.00 bits per heavy atom. The zero-order chi connectivity index (χ0) is 13.0. The van der Waals surface area contributed by atoms with Gasteiger partial charge in [0.2, 0.25) is 5.89 Å². The summed E-state index contributed by atoms with van der Waals surface area (Å²) >= 11 is 0. The summed E-state index contributed by atoms with van der Waals surface area (Å²) in [6.45, 7) is 2.51. The van der Waals surface area contributed by atoms with Gasteiger partial charge in [-0.15, -0.1) is 10.2 Å². The van der Waals surface area contributed by atoms with Crippen LogP contribution in [0.3, 0.4) is 0 Å². The Balaban J connectivity index is 2.20. The van der Waals surface area contributed by atoms with E-state index in [2.05, 4.69) is 14.9 Å². The fourth-order valence-electron chi connectivity index (χ4n) is 1.37.